The number of aliphatic imine (C=N–C) groups is 1. The van der Waals surface area contributed by atoms with E-state index in [-0.39, 0.29) is 22.5 Å². The molecule has 0 saturated heterocycles. The molecule has 0 aliphatic heterocycles. The lowest BCUT2D eigenvalue weighted by molar-refractivity contribution is 0.395. The van der Waals surface area contributed by atoms with E-state index in [4.69, 9.17) is 0 Å². The predicted octanol–water partition coefficient (Wildman–Crippen LogP) is 2.59. The highest BCUT2D eigenvalue weighted by atomic mass is 16.1. The minimum atomic E-state index is -0.466. The topological polar surface area (TPSA) is 93.0 Å². The van der Waals surface area contributed by atoms with E-state index in [9.17, 15) is 9.59 Å². The zero-order valence-corrected chi connectivity index (χ0v) is 14.1. The Balaban J connectivity index is 2.18. The van der Waals surface area contributed by atoms with E-state index >= 15 is 0 Å². The molecule has 3 aromatic rings. The Bertz CT molecular complexity index is 1200. The number of H-pyrrole nitrogens is 1. The zero-order chi connectivity index (χ0) is 18.3. The molecule has 26 heavy (non-hydrogen) atoms. The van der Waals surface area contributed by atoms with Crippen molar-refractivity contribution in [1.29, 1.82) is 0 Å². The fourth-order valence-corrected chi connectivity index (χ4v) is 3.23. The first-order valence-corrected chi connectivity index (χ1v) is 8.39. The van der Waals surface area contributed by atoms with E-state index in [1.165, 1.54) is 16.8 Å². The summed E-state index contributed by atoms with van der Waals surface area (Å²) >= 11 is 0. The summed E-state index contributed by atoms with van der Waals surface area (Å²) in [7, 11) is 0. The molecule has 7 nitrogen and oxygen atoms in total. The average molecular weight is 347 g/mol. The lowest BCUT2D eigenvalue weighted by atomic mass is 9.84. The summed E-state index contributed by atoms with van der Waals surface area (Å²) < 4.78 is 1.38. The van der Waals surface area contributed by atoms with Gasteiger partial charge >= 0.3 is 0 Å². The molecule has 0 radical (unpaired) electrons. The summed E-state index contributed by atoms with van der Waals surface area (Å²) in [5, 5.41) is -0.0297. The number of pyridine rings is 2. The number of nitrogens with one attached hydrogen (secondary N) is 1. The molecule has 3 aromatic heterocycles. The largest absolute Gasteiger partial charge is 0.337 e. The smallest absolute Gasteiger partial charge is 0.272 e. The molecule has 0 bridgehead atoms. The molecule has 1 fully saturated rings. The molecule has 1 N–H and O–H groups in total. The average Bonchev–Trinajstić information content (AvgIpc) is 2.59. The van der Waals surface area contributed by atoms with Crippen molar-refractivity contribution < 1.29 is 0 Å². The quantitative estimate of drug-likeness (QED) is 0.446. The van der Waals surface area contributed by atoms with Crippen molar-refractivity contribution in [3.8, 4) is 0 Å². The first kappa shape index (κ1) is 16.1. The van der Waals surface area contributed by atoms with Crippen molar-refractivity contribution in [3.63, 3.8) is 0 Å². The fourth-order valence-electron chi connectivity index (χ4n) is 3.23. The van der Waals surface area contributed by atoms with Crippen molar-refractivity contribution in [2.45, 2.75) is 25.2 Å². The van der Waals surface area contributed by atoms with Crippen molar-refractivity contribution in [1.82, 2.24) is 19.5 Å². The van der Waals surface area contributed by atoms with Gasteiger partial charge in [0.2, 0.25) is 5.43 Å². The van der Waals surface area contributed by atoms with E-state index < -0.39 is 11.0 Å². The van der Waals surface area contributed by atoms with Gasteiger partial charge in [0.1, 0.15) is 28.2 Å². The van der Waals surface area contributed by atoms with Gasteiger partial charge in [-0.15, -0.1) is 0 Å². The molecule has 0 atom stereocenters. The minimum Gasteiger partial charge on any atom is -0.337 e. The summed E-state index contributed by atoms with van der Waals surface area (Å²) in [5.41, 5.74) is 0.134. The molecule has 1 aliphatic rings. The van der Waals surface area contributed by atoms with Gasteiger partial charge in [0, 0.05) is 12.1 Å². The van der Waals surface area contributed by atoms with Gasteiger partial charge in [-0.2, -0.15) is 0 Å². The third-order valence-electron chi connectivity index (χ3n) is 4.74. The van der Waals surface area contributed by atoms with Gasteiger partial charge in [-0.1, -0.05) is 19.1 Å². The molecule has 1 saturated carbocycles. The lowest BCUT2D eigenvalue weighted by Crippen LogP contribution is -2.31. The number of allylic oxidation sites excluding steroid dienone is 2. The standard InChI is InChI=1S/C19H17N5O2/c1-3-6-13(20-2)24-18(11-7-4-8-11)23-17-14(19(24)26)16(25)15-12(22-17)9-5-10-21-15/h3,5-6,9-11H,1-2,4,7-8H2,(H,22,25)/b13-6+. The Morgan fingerprint density at radius 2 is 2.19 bits per heavy atom. The maximum absolute atomic E-state index is 13.2. The Hall–Kier alpha value is -3.35. The van der Waals surface area contributed by atoms with E-state index in [1.807, 2.05) is 0 Å². The molecular formula is C19H17N5O2. The third-order valence-corrected chi connectivity index (χ3v) is 4.74. The molecule has 0 spiro atoms. The van der Waals surface area contributed by atoms with E-state index in [0.717, 1.165) is 19.3 Å². The number of fused-ring (bicyclic) bond motifs is 2. The Labute approximate surface area is 148 Å². The van der Waals surface area contributed by atoms with Crippen LogP contribution in [0, 0.1) is 0 Å². The molecule has 0 aromatic carbocycles. The summed E-state index contributed by atoms with van der Waals surface area (Å²) in [6.07, 6.45) is 7.59. The van der Waals surface area contributed by atoms with E-state index in [0.29, 0.717) is 17.2 Å². The summed E-state index contributed by atoms with van der Waals surface area (Å²) in [4.78, 5) is 41.9. The fraction of sp³-hybridized carbons (Fsp3) is 0.211. The molecular weight excluding hydrogens is 330 g/mol. The minimum absolute atomic E-state index is 0.0297. The molecule has 0 amide bonds. The van der Waals surface area contributed by atoms with Crippen molar-refractivity contribution in [3.05, 3.63) is 63.5 Å². The summed E-state index contributed by atoms with van der Waals surface area (Å²) in [5.74, 6) is 1.05. The van der Waals surface area contributed by atoms with E-state index in [2.05, 4.69) is 33.2 Å². The number of aromatic nitrogens is 4. The Morgan fingerprint density at radius 1 is 1.38 bits per heavy atom. The van der Waals surface area contributed by atoms with Gasteiger partial charge < -0.3 is 4.98 Å². The monoisotopic (exact) mass is 347 g/mol. The van der Waals surface area contributed by atoms with Crippen molar-refractivity contribution in [2.75, 3.05) is 0 Å². The van der Waals surface area contributed by atoms with Crippen molar-refractivity contribution in [2.24, 2.45) is 4.99 Å². The number of hydrogen-bond donors (Lipinski definition) is 1. The maximum Gasteiger partial charge on any atom is 0.272 e. The Morgan fingerprint density at radius 3 is 2.85 bits per heavy atom. The van der Waals surface area contributed by atoms with Gasteiger partial charge in [-0.05, 0) is 37.8 Å². The van der Waals surface area contributed by atoms with Crippen LogP contribution in [0.2, 0.25) is 0 Å². The SMILES string of the molecule is C=C/C=C(\N=C)n1c(C2CCC2)nc2[nH]c3cccnc3c(=O)c2c1=O. The first-order valence-electron chi connectivity index (χ1n) is 8.39. The summed E-state index contributed by atoms with van der Waals surface area (Å²) in [6.45, 7) is 7.20. The predicted molar refractivity (Wildman–Crippen MR) is 103 cm³/mol. The van der Waals surface area contributed by atoms with Gasteiger partial charge in [0.05, 0.1) is 5.52 Å². The van der Waals surface area contributed by atoms with Gasteiger partial charge in [-0.3, -0.25) is 14.6 Å². The molecule has 3 heterocycles. The number of nitrogens with zero attached hydrogens (tertiary/aromatic N) is 4. The number of aromatic amines is 1. The zero-order valence-electron chi connectivity index (χ0n) is 14.1. The van der Waals surface area contributed by atoms with Gasteiger partial charge in [0.25, 0.3) is 5.56 Å². The number of rotatable bonds is 4. The van der Waals surface area contributed by atoms with Gasteiger partial charge in [0.15, 0.2) is 0 Å². The van der Waals surface area contributed by atoms with Crippen LogP contribution in [0.15, 0.2) is 51.6 Å². The molecule has 0 unspecified atom stereocenters. The molecule has 4 rings (SSSR count). The van der Waals surface area contributed by atoms with Crippen LogP contribution >= 0.6 is 0 Å². The second kappa shape index (κ2) is 6.18. The second-order valence-electron chi connectivity index (χ2n) is 6.23. The van der Waals surface area contributed by atoms with Crippen LogP contribution in [-0.2, 0) is 0 Å². The van der Waals surface area contributed by atoms with Crippen LogP contribution < -0.4 is 11.0 Å². The van der Waals surface area contributed by atoms with Crippen LogP contribution in [0.25, 0.3) is 27.9 Å². The van der Waals surface area contributed by atoms with Crippen molar-refractivity contribution >= 4 is 34.6 Å². The maximum atomic E-state index is 13.2. The molecule has 7 heteroatoms. The highest BCUT2D eigenvalue weighted by molar-refractivity contribution is 5.88. The highest BCUT2D eigenvalue weighted by Gasteiger charge is 2.28. The van der Waals surface area contributed by atoms with Crippen LogP contribution in [0.1, 0.15) is 31.0 Å². The molecule has 1 aliphatic carbocycles. The van der Waals surface area contributed by atoms with Gasteiger partial charge in [-0.25, -0.2) is 14.5 Å². The number of hydrogen-bond acceptors (Lipinski definition) is 5. The molecule has 130 valence electrons. The first-order chi connectivity index (χ1) is 12.7. The van der Waals surface area contributed by atoms with Crippen LogP contribution in [0.4, 0.5) is 0 Å². The third kappa shape index (κ3) is 2.32. The van der Waals surface area contributed by atoms with Crippen LogP contribution in [0.5, 0.6) is 0 Å². The highest BCUT2D eigenvalue weighted by Crippen LogP contribution is 2.36. The normalized spacial score (nSPS) is 15.2. The summed E-state index contributed by atoms with van der Waals surface area (Å²) in [6, 6.07) is 3.47. The Kier molecular flexibility index (Phi) is 3.84. The van der Waals surface area contributed by atoms with E-state index in [1.54, 1.807) is 18.2 Å². The lowest BCUT2D eigenvalue weighted by Gasteiger charge is -2.27. The second-order valence-corrected chi connectivity index (χ2v) is 6.23. The van der Waals surface area contributed by atoms with Crippen LogP contribution in [0.3, 0.4) is 0 Å². The van der Waals surface area contributed by atoms with Crippen LogP contribution in [-0.4, -0.2) is 26.2 Å².